The van der Waals surface area contributed by atoms with Crippen LogP contribution in [-0.2, 0) is 6.42 Å². The SMILES string of the molecule is CC.CC.COc1cccc(C(=O)NCCc2ccccc2)c1NC(=O)c1cccc(F)c1. The average Bonchev–Trinajstić information content (AvgIpc) is 2.87. The number of carbonyl (C=O) groups excluding carboxylic acids is 2. The number of nitrogens with one attached hydrogen (secondary N) is 2. The van der Waals surface area contributed by atoms with Gasteiger partial charge in [0.25, 0.3) is 11.8 Å². The standard InChI is InChI=1S/C23H21FN2O3.2C2H6/c1-29-20-12-6-11-19(23(28)25-14-13-16-7-3-2-4-8-16)21(20)26-22(27)17-9-5-10-18(24)15-17;2*1-2/h2-12,15H,13-14H2,1H3,(H,25,28)(H,26,27);2*1-2H3. The second-order valence-corrected chi connectivity index (χ2v) is 6.34. The summed E-state index contributed by atoms with van der Waals surface area (Å²) in [5.41, 5.74) is 1.76. The Morgan fingerprint density at radius 3 is 2.15 bits per heavy atom. The molecule has 0 aliphatic carbocycles. The molecule has 0 aromatic heterocycles. The van der Waals surface area contributed by atoms with E-state index in [-0.39, 0.29) is 22.7 Å². The largest absolute Gasteiger partial charge is 0.495 e. The minimum atomic E-state index is -0.535. The van der Waals surface area contributed by atoms with Crippen molar-refractivity contribution in [2.45, 2.75) is 34.1 Å². The van der Waals surface area contributed by atoms with Crippen molar-refractivity contribution in [1.82, 2.24) is 5.32 Å². The second-order valence-electron chi connectivity index (χ2n) is 6.34. The Morgan fingerprint density at radius 1 is 0.848 bits per heavy atom. The Hall–Kier alpha value is -3.67. The van der Waals surface area contributed by atoms with Gasteiger partial charge in [0.1, 0.15) is 11.6 Å². The van der Waals surface area contributed by atoms with Gasteiger partial charge in [0.05, 0.1) is 18.4 Å². The second kappa shape index (κ2) is 15.2. The highest BCUT2D eigenvalue weighted by molar-refractivity contribution is 6.10. The lowest BCUT2D eigenvalue weighted by atomic mass is 10.1. The summed E-state index contributed by atoms with van der Waals surface area (Å²) in [6.45, 7) is 8.44. The van der Waals surface area contributed by atoms with Gasteiger partial charge in [-0.15, -0.1) is 0 Å². The number of para-hydroxylation sites is 1. The summed E-state index contributed by atoms with van der Waals surface area (Å²) in [6, 6.07) is 20.0. The minimum absolute atomic E-state index is 0.145. The number of anilines is 1. The third-order valence-electron chi connectivity index (χ3n) is 4.36. The molecule has 0 bridgehead atoms. The van der Waals surface area contributed by atoms with Crippen LogP contribution in [0.3, 0.4) is 0 Å². The van der Waals surface area contributed by atoms with E-state index in [0.717, 1.165) is 11.6 Å². The van der Waals surface area contributed by atoms with E-state index >= 15 is 0 Å². The molecule has 3 rings (SSSR count). The number of methoxy groups -OCH3 is 1. The van der Waals surface area contributed by atoms with Gasteiger partial charge in [-0.05, 0) is 42.3 Å². The van der Waals surface area contributed by atoms with Gasteiger partial charge in [0.2, 0.25) is 0 Å². The molecule has 0 radical (unpaired) electrons. The highest BCUT2D eigenvalue weighted by atomic mass is 19.1. The number of hydrogen-bond donors (Lipinski definition) is 2. The topological polar surface area (TPSA) is 67.4 Å². The molecule has 3 aromatic rings. The van der Waals surface area contributed by atoms with E-state index in [1.165, 1.54) is 25.3 Å². The Balaban J connectivity index is 0.00000129. The van der Waals surface area contributed by atoms with Gasteiger partial charge < -0.3 is 15.4 Å². The molecule has 0 heterocycles. The fourth-order valence-corrected chi connectivity index (χ4v) is 2.90. The average molecular weight is 453 g/mol. The summed E-state index contributed by atoms with van der Waals surface area (Å²) in [5.74, 6) is -1.05. The maximum atomic E-state index is 13.4. The predicted octanol–water partition coefficient (Wildman–Crippen LogP) is 6.11. The van der Waals surface area contributed by atoms with E-state index in [1.54, 1.807) is 18.2 Å². The fraction of sp³-hybridized carbons (Fsp3) is 0.259. The third-order valence-corrected chi connectivity index (χ3v) is 4.36. The lowest BCUT2D eigenvalue weighted by molar-refractivity contribution is 0.0954. The first kappa shape index (κ1) is 27.4. The van der Waals surface area contributed by atoms with Crippen LogP contribution in [0.15, 0.2) is 72.8 Å². The van der Waals surface area contributed by atoms with Crippen LogP contribution in [-0.4, -0.2) is 25.5 Å². The monoisotopic (exact) mass is 452 g/mol. The maximum absolute atomic E-state index is 13.4. The van der Waals surface area contributed by atoms with Crippen molar-refractivity contribution >= 4 is 17.5 Å². The Labute approximate surface area is 196 Å². The molecular formula is C27H33FN2O3. The molecule has 5 nitrogen and oxygen atoms in total. The van der Waals surface area contributed by atoms with Gasteiger partial charge in [-0.3, -0.25) is 9.59 Å². The molecule has 33 heavy (non-hydrogen) atoms. The summed E-state index contributed by atoms with van der Waals surface area (Å²) in [5, 5.41) is 5.53. The Kier molecular flexibility index (Phi) is 12.6. The van der Waals surface area contributed by atoms with Crippen LogP contribution in [0.4, 0.5) is 10.1 Å². The van der Waals surface area contributed by atoms with Gasteiger partial charge in [-0.25, -0.2) is 4.39 Å². The normalized spacial score (nSPS) is 9.39. The summed E-state index contributed by atoms with van der Waals surface area (Å²) < 4.78 is 18.7. The molecule has 0 saturated heterocycles. The summed E-state index contributed by atoms with van der Waals surface area (Å²) in [7, 11) is 1.45. The number of hydrogen-bond acceptors (Lipinski definition) is 3. The number of rotatable bonds is 7. The lowest BCUT2D eigenvalue weighted by Crippen LogP contribution is -2.27. The van der Waals surface area contributed by atoms with Crippen LogP contribution in [0.25, 0.3) is 0 Å². The van der Waals surface area contributed by atoms with Crippen molar-refractivity contribution in [3.8, 4) is 5.75 Å². The first-order valence-corrected chi connectivity index (χ1v) is 11.1. The van der Waals surface area contributed by atoms with E-state index in [2.05, 4.69) is 10.6 Å². The number of carbonyl (C=O) groups is 2. The Bertz CT molecular complexity index is 1010. The molecule has 2 N–H and O–H groups in total. The van der Waals surface area contributed by atoms with E-state index in [0.29, 0.717) is 18.7 Å². The van der Waals surface area contributed by atoms with E-state index in [9.17, 15) is 14.0 Å². The van der Waals surface area contributed by atoms with E-state index < -0.39 is 11.7 Å². The number of ether oxygens (including phenoxy) is 1. The number of benzene rings is 3. The molecule has 176 valence electrons. The molecule has 0 unspecified atom stereocenters. The van der Waals surface area contributed by atoms with Crippen LogP contribution >= 0.6 is 0 Å². The molecule has 0 atom stereocenters. The zero-order valence-corrected chi connectivity index (χ0v) is 19.9. The summed E-state index contributed by atoms with van der Waals surface area (Å²) in [4.78, 5) is 25.3. The van der Waals surface area contributed by atoms with Gasteiger partial charge >= 0.3 is 0 Å². The summed E-state index contributed by atoms with van der Waals surface area (Å²) in [6.07, 6.45) is 0.682. The zero-order valence-electron chi connectivity index (χ0n) is 19.9. The van der Waals surface area contributed by atoms with Gasteiger partial charge in [-0.1, -0.05) is 70.2 Å². The molecule has 0 saturated carbocycles. The van der Waals surface area contributed by atoms with Crippen LogP contribution in [0.1, 0.15) is 54.0 Å². The molecule has 0 fully saturated rings. The van der Waals surface area contributed by atoms with Crippen LogP contribution in [0.5, 0.6) is 5.75 Å². The molecule has 3 aromatic carbocycles. The quantitative estimate of drug-likeness (QED) is 0.454. The first-order chi connectivity index (χ1) is 16.1. The minimum Gasteiger partial charge on any atom is -0.495 e. The van der Waals surface area contributed by atoms with Crippen molar-refractivity contribution < 1.29 is 18.7 Å². The number of halogens is 1. The fourth-order valence-electron chi connectivity index (χ4n) is 2.90. The highest BCUT2D eigenvalue weighted by Gasteiger charge is 2.18. The Morgan fingerprint density at radius 2 is 1.52 bits per heavy atom. The highest BCUT2D eigenvalue weighted by Crippen LogP contribution is 2.29. The van der Waals surface area contributed by atoms with Crippen molar-refractivity contribution in [1.29, 1.82) is 0 Å². The zero-order chi connectivity index (χ0) is 24.6. The van der Waals surface area contributed by atoms with Gasteiger partial charge in [0, 0.05) is 12.1 Å². The van der Waals surface area contributed by atoms with Crippen molar-refractivity contribution in [2.24, 2.45) is 0 Å². The van der Waals surface area contributed by atoms with Crippen LogP contribution in [0, 0.1) is 5.82 Å². The predicted molar refractivity (Wildman–Crippen MR) is 133 cm³/mol. The number of amides is 2. The van der Waals surface area contributed by atoms with Crippen molar-refractivity contribution in [3.63, 3.8) is 0 Å². The van der Waals surface area contributed by atoms with Crippen molar-refractivity contribution in [2.75, 3.05) is 19.0 Å². The van der Waals surface area contributed by atoms with Gasteiger partial charge in [0.15, 0.2) is 0 Å². The van der Waals surface area contributed by atoms with Gasteiger partial charge in [-0.2, -0.15) is 0 Å². The van der Waals surface area contributed by atoms with E-state index in [4.69, 9.17) is 4.74 Å². The summed E-state index contributed by atoms with van der Waals surface area (Å²) >= 11 is 0. The van der Waals surface area contributed by atoms with Crippen molar-refractivity contribution in [3.05, 3.63) is 95.3 Å². The third kappa shape index (κ3) is 8.41. The smallest absolute Gasteiger partial charge is 0.255 e. The van der Waals surface area contributed by atoms with Crippen LogP contribution in [0.2, 0.25) is 0 Å². The molecule has 0 aliphatic heterocycles. The maximum Gasteiger partial charge on any atom is 0.255 e. The molecular weight excluding hydrogens is 419 g/mol. The van der Waals surface area contributed by atoms with Crippen LogP contribution < -0.4 is 15.4 Å². The molecule has 2 amide bonds. The molecule has 0 aliphatic rings. The lowest BCUT2D eigenvalue weighted by Gasteiger charge is -2.15. The van der Waals surface area contributed by atoms with E-state index in [1.807, 2.05) is 58.0 Å². The first-order valence-electron chi connectivity index (χ1n) is 11.1. The molecule has 0 spiro atoms. The molecule has 6 heteroatoms.